The van der Waals surface area contributed by atoms with Crippen molar-refractivity contribution in [3.8, 4) is 12.1 Å². The third-order valence-corrected chi connectivity index (χ3v) is 3.57. The van der Waals surface area contributed by atoms with Crippen molar-refractivity contribution >= 4 is 29.2 Å². The number of esters is 1. The van der Waals surface area contributed by atoms with Crippen molar-refractivity contribution in [3.05, 3.63) is 60.2 Å². The van der Waals surface area contributed by atoms with Crippen LogP contribution in [0.4, 0.5) is 11.4 Å². The topological polar surface area (TPSA) is 123 Å². The lowest BCUT2D eigenvalue weighted by Crippen LogP contribution is -2.35. The lowest BCUT2D eigenvalue weighted by molar-refractivity contribution is -0.121. The molecule has 140 valence electrons. The minimum Gasteiger partial charge on any atom is -0.452 e. The van der Waals surface area contributed by atoms with Crippen molar-refractivity contribution in [2.24, 2.45) is 0 Å². The summed E-state index contributed by atoms with van der Waals surface area (Å²) in [7, 11) is 0. The van der Waals surface area contributed by atoms with Crippen LogP contribution in [0, 0.1) is 22.7 Å². The van der Waals surface area contributed by atoms with Crippen molar-refractivity contribution in [3.63, 3.8) is 0 Å². The van der Waals surface area contributed by atoms with Crippen molar-refractivity contribution in [1.82, 2.24) is 0 Å². The fraction of sp³-hybridized carbons (Fsp3) is 0.150. The Balaban J connectivity index is 1.95. The molecule has 0 saturated carbocycles. The van der Waals surface area contributed by atoms with Gasteiger partial charge in [0.2, 0.25) is 5.91 Å². The lowest BCUT2D eigenvalue weighted by atomic mass is 10.2. The van der Waals surface area contributed by atoms with E-state index >= 15 is 0 Å². The van der Waals surface area contributed by atoms with Crippen molar-refractivity contribution in [1.29, 1.82) is 10.5 Å². The number of nitriles is 2. The molecule has 8 nitrogen and oxygen atoms in total. The van der Waals surface area contributed by atoms with Crippen LogP contribution < -0.4 is 10.2 Å². The van der Waals surface area contributed by atoms with E-state index in [1.807, 2.05) is 6.07 Å². The van der Waals surface area contributed by atoms with Gasteiger partial charge in [-0.2, -0.15) is 10.5 Å². The number of amides is 2. The van der Waals surface area contributed by atoms with Gasteiger partial charge in [0.15, 0.2) is 6.61 Å². The quantitative estimate of drug-likeness (QED) is 0.584. The summed E-state index contributed by atoms with van der Waals surface area (Å²) in [6.07, 6.45) is -0.271. The van der Waals surface area contributed by atoms with Gasteiger partial charge < -0.3 is 10.1 Å². The molecule has 0 aromatic heterocycles. The molecule has 0 atom stereocenters. The van der Waals surface area contributed by atoms with Gasteiger partial charge in [-0.05, 0) is 36.4 Å². The lowest BCUT2D eigenvalue weighted by Gasteiger charge is -2.19. The Morgan fingerprint density at radius 1 is 0.964 bits per heavy atom. The largest absolute Gasteiger partial charge is 0.452 e. The fourth-order valence-corrected chi connectivity index (χ4v) is 2.26. The number of benzene rings is 2. The van der Waals surface area contributed by atoms with Crippen LogP contribution in [0.2, 0.25) is 0 Å². The molecule has 0 fully saturated rings. The molecule has 28 heavy (non-hydrogen) atoms. The Morgan fingerprint density at radius 2 is 1.64 bits per heavy atom. The van der Waals surface area contributed by atoms with Crippen molar-refractivity contribution in [2.45, 2.75) is 6.42 Å². The van der Waals surface area contributed by atoms with E-state index in [0.717, 1.165) is 0 Å². The predicted molar refractivity (Wildman–Crippen MR) is 100.0 cm³/mol. The summed E-state index contributed by atoms with van der Waals surface area (Å²) >= 11 is 0. The highest BCUT2D eigenvalue weighted by Gasteiger charge is 2.18. The van der Waals surface area contributed by atoms with Gasteiger partial charge in [0.25, 0.3) is 5.91 Å². The summed E-state index contributed by atoms with van der Waals surface area (Å²) in [6.45, 7) is -0.687. The molecule has 2 rings (SSSR count). The van der Waals surface area contributed by atoms with Crippen LogP contribution in [-0.4, -0.2) is 30.9 Å². The third kappa shape index (κ3) is 5.68. The predicted octanol–water partition coefficient (Wildman–Crippen LogP) is 2.25. The fourth-order valence-electron chi connectivity index (χ4n) is 2.26. The van der Waals surface area contributed by atoms with Crippen LogP contribution >= 0.6 is 0 Å². The van der Waals surface area contributed by atoms with Gasteiger partial charge in [-0.3, -0.25) is 14.5 Å². The standard InChI is InChI=1S/C20H16N4O4/c21-11-10-18(25)23-16-8-6-15(7-9-16)20(27)28-14-19(26)24(13-12-22)17-4-2-1-3-5-17/h1-9H,10,13-14H2,(H,23,25). The molecule has 0 heterocycles. The highest BCUT2D eigenvalue weighted by Crippen LogP contribution is 2.14. The average molecular weight is 376 g/mol. The van der Waals surface area contributed by atoms with Gasteiger partial charge in [-0.25, -0.2) is 4.79 Å². The SMILES string of the molecule is N#CCC(=O)Nc1ccc(C(=O)OCC(=O)N(CC#N)c2ccccc2)cc1. The first-order valence-electron chi connectivity index (χ1n) is 8.21. The molecule has 1 N–H and O–H groups in total. The number of carbonyl (C=O) groups is 3. The van der Waals surface area contributed by atoms with E-state index in [1.165, 1.54) is 29.2 Å². The van der Waals surface area contributed by atoms with Gasteiger partial charge in [-0.1, -0.05) is 18.2 Å². The number of para-hydroxylation sites is 1. The van der Waals surface area contributed by atoms with Crippen molar-refractivity contribution in [2.75, 3.05) is 23.4 Å². The molecule has 0 unspecified atom stereocenters. The normalized spacial score (nSPS) is 9.50. The number of ether oxygens (including phenoxy) is 1. The molecule has 2 amide bonds. The maximum Gasteiger partial charge on any atom is 0.338 e. The van der Waals surface area contributed by atoms with Crippen LogP contribution in [-0.2, 0) is 14.3 Å². The third-order valence-electron chi connectivity index (χ3n) is 3.57. The first kappa shape index (κ1) is 20.1. The highest BCUT2D eigenvalue weighted by molar-refractivity contribution is 5.98. The number of nitrogens with one attached hydrogen (secondary N) is 1. The second kappa shape index (κ2) is 10.1. The molecular formula is C20H16N4O4. The Hall–Kier alpha value is -4.17. The van der Waals surface area contributed by atoms with Crippen LogP contribution in [0.1, 0.15) is 16.8 Å². The van der Waals surface area contributed by atoms with Crippen LogP contribution in [0.3, 0.4) is 0 Å². The van der Waals surface area contributed by atoms with Crippen LogP contribution in [0.25, 0.3) is 0 Å². The number of rotatable bonds is 7. The highest BCUT2D eigenvalue weighted by atomic mass is 16.5. The average Bonchev–Trinajstić information content (AvgIpc) is 2.71. The zero-order valence-corrected chi connectivity index (χ0v) is 14.8. The van der Waals surface area contributed by atoms with Crippen molar-refractivity contribution < 1.29 is 19.1 Å². The number of hydrogen-bond donors (Lipinski definition) is 1. The Bertz CT molecular complexity index is 927. The first-order chi connectivity index (χ1) is 13.5. The smallest absolute Gasteiger partial charge is 0.338 e. The second-order valence-corrected chi connectivity index (χ2v) is 5.51. The summed E-state index contributed by atoms with van der Waals surface area (Å²) in [5, 5.41) is 19.9. The maximum atomic E-state index is 12.3. The molecule has 0 spiro atoms. The maximum absolute atomic E-state index is 12.3. The van der Waals surface area contributed by atoms with E-state index in [-0.39, 0.29) is 18.5 Å². The van der Waals surface area contributed by atoms with Gasteiger partial charge in [0.1, 0.15) is 13.0 Å². The molecule has 2 aromatic rings. The van der Waals surface area contributed by atoms with Gasteiger partial charge in [0.05, 0.1) is 17.7 Å². The molecule has 8 heteroatoms. The van der Waals surface area contributed by atoms with E-state index < -0.39 is 24.4 Å². The Kier molecular flexibility index (Phi) is 7.26. The minimum absolute atomic E-state index is 0.169. The van der Waals surface area contributed by atoms with Gasteiger partial charge in [0, 0.05) is 11.4 Å². The molecule has 0 aliphatic carbocycles. The Morgan fingerprint density at radius 3 is 2.25 bits per heavy atom. The molecular weight excluding hydrogens is 360 g/mol. The van der Waals surface area contributed by atoms with E-state index in [4.69, 9.17) is 15.3 Å². The summed E-state index contributed by atoms with van der Waals surface area (Å²) in [5.41, 5.74) is 1.15. The van der Waals surface area contributed by atoms with E-state index in [2.05, 4.69) is 5.32 Å². The molecule has 0 aliphatic rings. The zero-order chi connectivity index (χ0) is 20.4. The number of anilines is 2. The van der Waals surface area contributed by atoms with Crippen LogP contribution in [0.5, 0.6) is 0 Å². The molecule has 0 saturated heterocycles. The molecule has 2 aromatic carbocycles. The summed E-state index contributed by atoms with van der Waals surface area (Å²) in [4.78, 5) is 37.0. The number of carbonyl (C=O) groups excluding carboxylic acids is 3. The minimum atomic E-state index is -0.715. The van der Waals surface area contributed by atoms with Gasteiger partial charge >= 0.3 is 5.97 Å². The first-order valence-corrected chi connectivity index (χ1v) is 8.21. The monoisotopic (exact) mass is 376 g/mol. The van der Waals surface area contributed by atoms with E-state index in [1.54, 1.807) is 36.4 Å². The van der Waals surface area contributed by atoms with E-state index in [9.17, 15) is 14.4 Å². The number of nitrogens with zero attached hydrogens (tertiary/aromatic N) is 3. The molecule has 0 bridgehead atoms. The molecule has 0 radical (unpaired) electrons. The van der Waals surface area contributed by atoms with E-state index in [0.29, 0.717) is 11.4 Å². The number of hydrogen-bond acceptors (Lipinski definition) is 6. The summed E-state index contributed by atoms with van der Waals surface area (Å²) in [5.74, 6) is -1.70. The van der Waals surface area contributed by atoms with Crippen LogP contribution in [0.15, 0.2) is 54.6 Å². The Labute approximate surface area is 161 Å². The second-order valence-electron chi connectivity index (χ2n) is 5.51. The molecule has 0 aliphatic heterocycles. The summed E-state index contributed by atoms with van der Waals surface area (Å²) in [6, 6.07) is 18.1. The van der Waals surface area contributed by atoms with Gasteiger partial charge in [-0.15, -0.1) is 0 Å². The summed E-state index contributed by atoms with van der Waals surface area (Å²) < 4.78 is 5.03. The zero-order valence-electron chi connectivity index (χ0n) is 14.8.